The van der Waals surface area contributed by atoms with E-state index in [1.165, 1.54) is 17.2 Å². The van der Waals surface area contributed by atoms with Crippen molar-refractivity contribution in [1.82, 2.24) is 18.8 Å². The molecule has 0 saturated heterocycles. The molecule has 2 unspecified atom stereocenters. The standard InChI is InChI=1S/C19H17FN4/c1-11-5-7-24-10-16(21-18(24)12(11)2)13-8-14(13)17-9-23-6-3-4-15(20)19(23)22-17/h3-7,9-10,13-14H,8H2,1-2H3. The number of imidazole rings is 2. The third-order valence-electron chi connectivity index (χ3n) is 5.17. The van der Waals surface area contributed by atoms with Crippen LogP contribution in [0.5, 0.6) is 0 Å². The van der Waals surface area contributed by atoms with Gasteiger partial charge in [-0.25, -0.2) is 14.4 Å². The van der Waals surface area contributed by atoms with E-state index >= 15 is 0 Å². The van der Waals surface area contributed by atoms with Gasteiger partial charge in [-0.05, 0) is 49.6 Å². The van der Waals surface area contributed by atoms with Gasteiger partial charge in [0.2, 0.25) is 0 Å². The maximum Gasteiger partial charge on any atom is 0.173 e. The Morgan fingerprint density at radius 3 is 2.33 bits per heavy atom. The van der Waals surface area contributed by atoms with Crippen molar-refractivity contribution >= 4 is 11.3 Å². The van der Waals surface area contributed by atoms with E-state index in [2.05, 4.69) is 41.7 Å². The Labute approximate surface area is 138 Å². The van der Waals surface area contributed by atoms with Crippen LogP contribution in [-0.4, -0.2) is 18.8 Å². The first-order valence-electron chi connectivity index (χ1n) is 8.20. The van der Waals surface area contributed by atoms with Crippen molar-refractivity contribution in [2.24, 2.45) is 0 Å². The first-order valence-corrected chi connectivity index (χ1v) is 8.20. The smallest absolute Gasteiger partial charge is 0.173 e. The number of hydrogen-bond acceptors (Lipinski definition) is 2. The summed E-state index contributed by atoms with van der Waals surface area (Å²) < 4.78 is 17.7. The average Bonchev–Trinajstić information content (AvgIpc) is 3.05. The van der Waals surface area contributed by atoms with Gasteiger partial charge in [0, 0.05) is 36.6 Å². The summed E-state index contributed by atoms with van der Waals surface area (Å²) in [5, 5.41) is 0. The normalized spacial score (nSPS) is 20.1. The highest BCUT2D eigenvalue weighted by Crippen LogP contribution is 2.54. The van der Waals surface area contributed by atoms with Gasteiger partial charge in [-0.2, -0.15) is 0 Å². The van der Waals surface area contributed by atoms with Crippen molar-refractivity contribution in [3.63, 3.8) is 0 Å². The van der Waals surface area contributed by atoms with Crippen LogP contribution in [-0.2, 0) is 0 Å². The van der Waals surface area contributed by atoms with Crippen LogP contribution < -0.4 is 0 Å². The van der Waals surface area contributed by atoms with Gasteiger partial charge in [-0.1, -0.05) is 0 Å². The maximum atomic E-state index is 13.8. The summed E-state index contributed by atoms with van der Waals surface area (Å²) in [4.78, 5) is 9.33. The molecule has 5 heteroatoms. The van der Waals surface area contributed by atoms with Crippen molar-refractivity contribution in [2.45, 2.75) is 32.1 Å². The van der Waals surface area contributed by atoms with Crippen molar-refractivity contribution in [3.05, 3.63) is 71.3 Å². The fourth-order valence-corrected chi connectivity index (χ4v) is 3.50. The van der Waals surface area contributed by atoms with Gasteiger partial charge in [-0.15, -0.1) is 0 Å². The minimum absolute atomic E-state index is 0.278. The van der Waals surface area contributed by atoms with Crippen molar-refractivity contribution < 1.29 is 4.39 Å². The summed E-state index contributed by atoms with van der Waals surface area (Å²) >= 11 is 0. The SMILES string of the molecule is Cc1ccn2cc(C3CC3c3cn4cccc(F)c4n3)nc2c1C. The van der Waals surface area contributed by atoms with Crippen LogP contribution in [0.25, 0.3) is 11.3 Å². The van der Waals surface area contributed by atoms with Crippen LogP contribution in [0.15, 0.2) is 43.0 Å². The number of fused-ring (bicyclic) bond motifs is 2. The summed E-state index contributed by atoms with van der Waals surface area (Å²) in [7, 11) is 0. The zero-order valence-electron chi connectivity index (χ0n) is 13.6. The molecule has 1 saturated carbocycles. The molecule has 0 aliphatic heterocycles. The number of aromatic nitrogens is 4. The molecule has 1 aliphatic rings. The molecule has 1 fully saturated rings. The van der Waals surface area contributed by atoms with Gasteiger partial charge < -0.3 is 8.80 Å². The molecule has 24 heavy (non-hydrogen) atoms. The Bertz CT molecular complexity index is 1090. The van der Waals surface area contributed by atoms with E-state index in [9.17, 15) is 4.39 Å². The lowest BCUT2D eigenvalue weighted by atomic mass is 10.2. The summed E-state index contributed by atoms with van der Waals surface area (Å²) in [5.41, 5.74) is 5.95. The molecule has 120 valence electrons. The molecule has 2 atom stereocenters. The fraction of sp³-hybridized carbons (Fsp3) is 0.263. The second kappa shape index (κ2) is 4.66. The highest BCUT2D eigenvalue weighted by atomic mass is 19.1. The predicted octanol–water partition coefficient (Wildman–Crippen LogP) is 4.01. The largest absolute Gasteiger partial charge is 0.307 e. The molecule has 4 nitrogen and oxygen atoms in total. The Balaban J connectivity index is 1.51. The molecule has 5 rings (SSSR count). The van der Waals surface area contributed by atoms with Gasteiger partial charge >= 0.3 is 0 Å². The molecule has 4 aromatic heterocycles. The molecule has 4 heterocycles. The second-order valence-electron chi connectivity index (χ2n) is 6.72. The highest BCUT2D eigenvalue weighted by molar-refractivity contribution is 5.53. The summed E-state index contributed by atoms with van der Waals surface area (Å²) in [6.45, 7) is 4.21. The monoisotopic (exact) mass is 320 g/mol. The van der Waals surface area contributed by atoms with Gasteiger partial charge in [0.15, 0.2) is 11.5 Å². The van der Waals surface area contributed by atoms with E-state index < -0.39 is 0 Å². The molecule has 0 N–H and O–H groups in total. The van der Waals surface area contributed by atoms with E-state index in [4.69, 9.17) is 4.98 Å². The lowest BCUT2D eigenvalue weighted by Gasteiger charge is -2.00. The van der Waals surface area contributed by atoms with Gasteiger partial charge in [0.05, 0.1) is 11.4 Å². The lowest BCUT2D eigenvalue weighted by molar-refractivity contribution is 0.630. The minimum atomic E-state index is -0.278. The van der Waals surface area contributed by atoms with Gasteiger partial charge in [0.1, 0.15) is 5.65 Å². The van der Waals surface area contributed by atoms with Crippen LogP contribution in [0.4, 0.5) is 4.39 Å². The van der Waals surface area contributed by atoms with E-state index in [-0.39, 0.29) is 5.82 Å². The third-order valence-corrected chi connectivity index (χ3v) is 5.17. The number of hydrogen-bond donors (Lipinski definition) is 0. The van der Waals surface area contributed by atoms with E-state index in [0.29, 0.717) is 17.5 Å². The first kappa shape index (κ1) is 13.7. The predicted molar refractivity (Wildman–Crippen MR) is 89.9 cm³/mol. The third kappa shape index (κ3) is 1.90. The molecular weight excluding hydrogens is 303 g/mol. The molecular formula is C19H17FN4. The zero-order valence-corrected chi connectivity index (χ0v) is 13.6. The summed E-state index contributed by atoms with van der Waals surface area (Å²) in [6.07, 6.45) is 8.97. The molecule has 0 amide bonds. The average molecular weight is 320 g/mol. The molecule has 0 spiro atoms. The quantitative estimate of drug-likeness (QED) is 0.559. The van der Waals surface area contributed by atoms with Crippen LogP contribution in [0.1, 0.15) is 40.8 Å². The zero-order chi connectivity index (χ0) is 16.4. The minimum Gasteiger partial charge on any atom is -0.307 e. The van der Waals surface area contributed by atoms with E-state index in [0.717, 1.165) is 23.5 Å². The maximum absolute atomic E-state index is 13.8. The molecule has 4 aromatic rings. The fourth-order valence-electron chi connectivity index (χ4n) is 3.50. The Morgan fingerprint density at radius 1 is 0.958 bits per heavy atom. The number of halogens is 1. The number of nitrogens with zero attached hydrogens (tertiary/aromatic N) is 4. The Hall–Kier alpha value is -2.69. The van der Waals surface area contributed by atoms with Gasteiger partial charge in [-0.3, -0.25) is 0 Å². The van der Waals surface area contributed by atoms with Crippen molar-refractivity contribution in [1.29, 1.82) is 0 Å². The van der Waals surface area contributed by atoms with Crippen LogP contribution >= 0.6 is 0 Å². The summed E-state index contributed by atoms with van der Waals surface area (Å²) in [5.74, 6) is 0.424. The number of aryl methyl sites for hydroxylation is 2. The molecule has 1 aliphatic carbocycles. The van der Waals surface area contributed by atoms with Gasteiger partial charge in [0.25, 0.3) is 0 Å². The topological polar surface area (TPSA) is 34.6 Å². The van der Waals surface area contributed by atoms with Crippen LogP contribution in [0, 0.1) is 19.7 Å². The highest BCUT2D eigenvalue weighted by Gasteiger charge is 2.43. The number of rotatable bonds is 2. The first-order chi connectivity index (χ1) is 11.6. The second-order valence-corrected chi connectivity index (χ2v) is 6.72. The molecule has 0 bridgehead atoms. The van der Waals surface area contributed by atoms with Crippen LogP contribution in [0.3, 0.4) is 0 Å². The molecule has 0 radical (unpaired) electrons. The van der Waals surface area contributed by atoms with E-state index in [1.807, 2.05) is 12.4 Å². The van der Waals surface area contributed by atoms with Crippen LogP contribution in [0.2, 0.25) is 0 Å². The van der Waals surface area contributed by atoms with Crippen molar-refractivity contribution in [3.8, 4) is 0 Å². The van der Waals surface area contributed by atoms with E-state index in [1.54, 1.807) is 10.5 Å². The lowest BCUT2D eigenvalue weighted by Crippen LogP contribution is -1.89. The Kier molecular flexibility index (Phi) is 2.66. The Morgan fingerprint density at radius 2 is 1.62 bits per heavy atom. The molecule has 0 aromatic carbocycles. The summed E-state index contributed by atoms with van der Waals surface area (Å²) in [6, 6.07) is 5.26. The van der Waals surface area contributed by atoms with Crippen molar-refractivity contribution in [2.75, 3.05) is 0 Å². The number of pyridine rings is 2.